The zero-order chi connectivity index (χ0) is 12.6. The molecular weight excluding hydrogens is 239 g/mol. The number of carbonyl (C=O) groups is 1. The summed E-state index contributed by atoms with van der Waals surface area (Å²) in [5.41, 5.74) is -2.16. The van der Waals surface area contributed by atoms with Gasteiger partial charge in [-0.25, -0.2) is 4.79 Å². The van der Waals surface area contributed by atoms with Crippen LogP contribution in [0.4, 0.5) is 22.0 Å². The molecule has 0 atom stereocenters. The van der Waals surface area contributed by atoms with E-state index in [0.717, 1.165) is 7.11 Å². The fourth-order valence-corrected chi connectivity index (χ4v) is 0.844. The Balaban J connectivity index is 3.07. The number of nitrogens with zero attached hydrogens (tertiary/aromatic N) is 1. The lowest BCUT2D eigenvalue weighted by atomic mass is 10.2. The fourth-order valence-electron chi connectivity index (χ4n) is 0.844. The Labute approximate surface area is 85.4 Å². The van der Waals surface area contributed by atoms with Gasteiger partial charge in [-0.2, -0.15) is 27.1 Å². The van der Waals surface area contributed by atoms with Gasteiger partial charge in [0, 0.05) is 6.07 Å². The highest BCUT2D eigenvalue weighted by Crippen LogP contribution is 2.42. The van der Waals surface area contributed by atoms with Gasteiger partial charge in [0.25, 0.3) is 0 Å². The van der Waals surface area contributed by atoms with Crippen LogP contribution in [0.5, 0.6) is 0 Å². The van der Waals surface area contributed by atoms with E-state index in [1.165, 1.54) is 5.10 Å². The van der Waals surface area contributed by atoms with E-state index in [-0.39, 0.29) is 0 Å². The van der Waals surface area contributed by atoms with Crippen LogP contribution in [0, 0.1) is 0 Å². The maximum atomic E-state index is 12.7. The molecule has 1 N–H and O–H groups in total. The highest BCUT2D eigenvalue weighted by molar-refractivity contribution is 5.87. The standard InChI is InChI=1S/C7H5F5N2O2/c1-16-5(15)3-2-4(14-13-3)6(8,9)7(10,11)12/h2H,1H3,(H,13,14). The van der Waals surface area contributed by atoms with E-state index in [4.69, 9.17) is 0 Å². The Morgan fingerprint density at radius 1 is 1.38 bits per heavy atom. The topological polar surface area (TPSA) is 55.0 Å². The number of hydrogen-bond donors (Lipinski definition) is 1. The van der Waals surface area contributed by atoms with Crippen molar-refractivity contribution in [2.24, 2.45) is 0 Å². The molecule has 90 valence electrons. The Morgan fingerprint density at radius 3 is 2.38 bits per heavy atom. The lowest BCUT2D eigenvalue weighted by Crippen LogP contribution is -2.34. The first-order valence-electron chi connectivity index (χ1n) is 3.79. The van der Waals surface area contributed by atoms with Crippen molar-refractivity contribution in [2.45, 2.75) is 12.1 Å². The molecule has 1 heterocycles. The third-order valence-electron chi connectivity index (χ3n) is 1.67. The van der Waals surface area contributed by atoms with E-state index in [2.05, 4.69) is 9.84 Å². The number of ether oxygens (including phenoxy) is 1. The fraction of sp³-hybridized carbons (Fsp3) is 0.429. The van der Waals surface area contributed by atoms with Gasteiger partial charge in [-0.15, -0.1) is 0 Å². The molecule has 9 heteroatoms. The molecular formula is C7H5F5N2O2. The van der Waals surface area contributed by atoms with E-state index in [9.17, 15) is 26.7 Å². The molecule has 1 aromatic heterocycles. The lowest BCUT2D eigenvalue weighted by Gasteiger charge is -2.17. The second kappa shape index (κ2) is 3.72. The summed E-state index contributed by atoms with van der Waals surface area (Å²) in [6, 6.07) is 0.291. The van der Waals surface area contributed by atoms with Gasteiger partial charge in [-0.1, -0.05) is 0 Å². The number of esters is 1. The number of nitrogens with one attached hydrogen (secondary N) is 1. The van der Waals surface area contributed by atoms with Crippen molar-refractivity contribution in [3.63, 3.8) is 0 Å². The third-order valence-corrected chi connectivity index (χ3v) is 1.67. The van der Waals surface area contributed by atoms with Crippen LogP contribution in [0.3, 0.4) is 0 Å². The summed E-state index contributed by atoms with van der Waals surface area (Å²) < 4.78 is 65.2. The second-order valence-electron chi connectivity index (χ2n) is 2.73. The molecule has 0 bridgehead atoms. The van der Waals surface area contributed by atoms with Crippen molar-refractivity contribution in [2.75, 3.05) is 7.11 Å². The molecule has 0 aliphatic carbocycles. The van der Waals surface area contributed by atoms with Crippen molar-refractivity contribution in [1.29, 1.82) is 0 Å². The normalized spacial score (nSPS) is 12.6. The summed E-state index contributed by atoms with van der Waals surface area (Å²) in [5, 5.41) is 4.43. The number of hydrogen-bond acceptors (Lipinski definition) is 3. The van der Waals surface area contributed by atoms with Crippen LogP contribution in [0.25, 0.3) is 0 Å². The molecule has 0 saturated carbocycles. The van der Waals surface area contributed by atoms with Crippen LogP contribution in [-0.2, 0) is 10.7 Å². The number of rotatable bonds is 2. The molecule has 0 radical (unpaired) electrons. The van der Waals surface area contributed by atoms with Crippen LogP contribution < -0.4 is 0 Å². The molecule has 0 aromatic carbocycles. The summed E-state index contributed by atoms with van der Waals surface area (Å²) in [5.74, 6) is -6.20. The number of alkyl halides is 5. The minimum Gasteiger partial charge on any atom is -0.464 e. The molecule has 1 rings (SSSR count). The molecule has 0 saturated heterocycles. The SMILES string of the molecule is COC(=O)c1cc(C(F)(F)C(F)(F)F)[nH]n1. The van der Waals surface area contributed by atoms with Gasteiger partial charge in [0.2, 0.25) is 0 Å². The molecule has 1 aromatic rings. The predicted molar refractivity (Wildman–Crippen MR) is 39.9 cm³/mol. The largest absolute Gasteiger partial charge is 0.464 e. The highest BCUT2D eigenvalue weighted by atomic mass is 19.4. The average molecular weight is 244 g/mol. The van der Waals surface area contributed by atoms with Gasteiger partial charge in [-0.3, -0.25) is 5.10 Å². The Bertz CT molecular complexity index is 398. The first-order valence-corrected chi connectivity index (χ1v) is 3.79. The van der Waals surface area contributed by atoms with E-state index in [1.807, 2.05) is 0 Å². The van der Waals surface area contributed by atoms with Crippen LogP contribution in [0.2, 0.25) is 0 Å². The van der Waals surface area contributed by atoms with Gasteiger partial charge in [0.1, 0.15) is 5.69 Å². The minimum absolute atomic E-state index is 0.291. The smallest absolute Gasteiger partial charge is 0.459 e. The third kappa shape index (κ3) is 1.97. The van der Waals surface area contributed by atoms with E-state index in [0.29, 0.717) is 6.07 Å². The summed E-state index contributed by atoms with van der Waals surface area (Å²) in [6.45, 7) is 0. The predicted octanol–water partition coefficient (Wildman–Crippen LogP) is 1.85. The second-order valence-corrected chi connectivity index (χ2v) is 2.73. The van der Waals surface area contributed by atoms with Crippen molar-refractivity contribution in [3.8, 4) is 0 Å². The minimum atomic E-state index is -5.76. The Kier molecular flexibility index (Phi) is 2.89. The van der Waals surface area contributed by atoms with E-state index in [1.54, 1.807) is 0 Å². The first kappa shape index (κ1) is 12.4. The molecule has 0 spiro atoms. The number of carbonyl (C=O) groups excluding carboxylic acids is 1. The number of methoxy groups -OCH3 is 1. The van der Waals surface area contributed by atoms with Gasteiger partial charge in [0.15, 0.2) is 5.69 Å². The van der Waals surface area contributed by atoms with Gasteiger partial charge < -0.3 is 4.74 Å². The Hall–Kier alpha value is -1.67. The summed E-state index contributed by atoms with van der Waals surface area (Å²) in [6.07, 6.45) is -5.76. The molecule has 0 unspecified atom stereocenters. The maximum absolute atomic E-state index is 12.7. The van der Waals surface area contributed by atoms with E-state index >= 15 is 0 Å². The lowest BCUT2D eigenvalue weighted by molar-refractivity contribution is -0.290. The highest BCUT2D eigenvalue weighted by Gasteiger charge is 2.60. The maximum Gasteiger partial charge on any atom is 0.459 e. The number of H-pyrrole nitrogens is 1. The van der Waals surface area contributed by atoms with Crippen molar-refractivity contribution in [3.05, 3.63) is 17.5 Å². The van der Waals surface area contributed by atoms with Gasteiger partial charge >= 0.3 is 18.1 Å². The summed E-state index contributed by atoms with van der Waals surface area (Å²) in [7, 11) is 0.943. The molecule has 16 heavy (non-hydrogen) atoms. The number of aromatic amines is 1. The van der Waals surface area contributed by atoms with Crippen LogP contribution in [-0.4, -0.2) is 29.5 Å². The van der Waals surface area contributed by atoms with Crippen molar-refractivity contribution < 1.29 is 31.5 Å². The first-order chi connectivity index (χ1) is 7.20. The summed E-state index contributed by atoms with van der Waals surface area (Å²) in [4.78, 5) is 10.8. The molecule has 0 amide bonds. The van der Waals surface area contributed by atoms with Crippen LogP contribution in [0.1, 0.15) is 16.2 Å². The van der Waals surface area contributed by atoms with Crippen LogP contribution >= 0.6 is 0 Å². The van der Waals surface area contributed by atoms with Gasteiger partial charge in [0.05, 0.1) is 7.11 Å². The van der Waals surface area contributed by atoms with Crippen molar-refractivity contribution >= 4 is 5.97 Å². The quantitative estimate of drug-likeness (QED) is 0.638. The van der Waals surface area contributed by atoms with Crippen LogP contribution in [0.15, 0.2) is 6.07 Å². The Morgan fingerprint density at radius 2 is 1.94 bits per heavy atom. The zero-order valence-corrected chi connectivity index (χ0v) is 7.73. The number of aromatic nitrogens is 2. The molecule has 0 aliphatic heterocycles. The van der Waals surface area contributed by atoms with Crippen molar-refractivity contribution in [1.82, 2.24) is 10.2 Å². The summed E-state index contributed by atoms with van der Waals surface area (Å²) >= 11 is 0. The molecule has 0 fully saturated rings. The number of halogens is 5. The van der Waals surface area contributed by atoms with Gasteiger partial charge in [-0.05, 0) is 0 Å². The molecule has 4 nitrogen and oxygen atoms in total. The zero-order valence-electron chi connectivity index (χ0n) is 7.73. The molecule has 0 aliphatic rings. The average Bonchev–Trinajstić information content (AvgIpc) is 2.64. The van der Waals surface area contributed by atoms with E-state index < -0.39 is 29.5 Å². The monoisotopic (exact) mass is 244 g/mol.